The van der Waals surface area contributed by atoms with Gasteiger partial charge in [-0.3, -0.25) is 0 Å². The molecule has 0 unspecified atom stereocenters. The molecule has 2 aromatic carbocycles. The second-order valence-corrected chi connectivity index (χ2v) is 5.80. The zero-order chi connectivity index (χ0) is 14.4. The third-order valence-electron chi connectivity index (χ3n) is 3.57. The first-order valence-corrected chi connectivity index (χ1v) is 7.34. The minimum Gasteiger partial charge on any atom is -0.339 e. The minimum absolute atomic E-state index is 0.285. The SMILES string of the molecule is Fc1cc(Br)ccc1-c1ccc2c(n1)[nH]c1ccccc12. The van der Waals surface area contributed by atoms with E-state index in [1.165, 1.54) is 6.07 Å². The molecule has 0 amide bonds. The highest BCUT2D eigenvalue weighted by atomic mass is 79.9. The lowest BCUT2D eigenvalue weighted by Gasteiger charge is -2.03. The predicted octanol–water partition coefficient (Wildman–Crippen LogP) is 5.28. The van der Waals surface area contributed by atoms with E-state index in [1.54, 1.807) is 6.07 Å². The molecule has 4 aromatic rings. The Morgan fingerprint density at radius 1 is 0.952 bits per heavy atom. The second kappa shape index (κ2) is 4.67. The number of fused-ring (bicyclic) bond motifs is 3. The number of benzene rings is 2. The number of para-hydroxylation sites is 1. The molecular weight excluding hydrogens is 331 g/mol. The zero-order valence-electron chi connectivity index (χ0n) is 10.9. The van der Waals surface area contributed by atoms with E-state index in [0.717, 1.165) is 26.4 Å². The van der Waals surface area contributed by atoms with E-state index >= 15 is 0 Å². The summed E-state index contributed by atoms with van der Waals surface area (Å²) in [6.07, 6.45) is 0. The van der Waals surface area contributed by atoms with Crippen molar-refractivity contribution < 1.29 is 4.39 Å². The molecular formula is C17H10BrFN2. The van der Waals surface area contributed by atoms with Crippen molar-refractivity contribution in [3.05, 3.63) is 64.9 Å². The standard InChI is InChI=1S/C17H10BrFN2/c18-10-5-6-13(14(19)9-10)16-8-7-12-11-3-1-2-4-15(11)20-17(12)21-16/h1-9H,(H,20,21). The van der Waals surface area contributed by atoms with Crippen LogP contribution in [-0.2, 0) is 0 Å². The third-order valence-corrected chi connectivity index (χ3v) is 4.07. The van der Waals surface area contributed by atoms with Gasteiger partial charge in [0, 0.05) is 26.3 Å². The average molecular weight is 341 g/mol. The van der Waals surface area contributed by atoms with Gasteiger partial charge in [-0.15, -0.1) is 0 Å². The number of nitrogens with one attached hydrogen (secondary N) is 1. The number of aromatic amines is 1. The molecule has 102 valence electrons. The van der Waals surface area contributed by atoms with Crippen molar-refractivity contribution in [2.45, 2.75) is 0 Å². The van der Waals surface area contributed by atoms with E-state index in [1.807, 2.05) is 36.4 Å². The maximum atomic E-state index is 14.1. The summed E-state index contributed by atoms with van der Waals surface area (Å²) in [6, 6.07) is 16.9. The molecule has 0 saturated heterocycles. The van der Waals surface area contributed by atoms with E-state index < -0.39 is 0 Å². The summed E-state index contributed by atoms with van der Waals surface area (Å²) >= 11 is 3.27. The molecule has 0 bridgehead atoms. The molecule has 21 heavy (non-hydrogen) atoms. The Morgan fingerprint density at radius 2 is 1.81 bits per heavy atom. The Balaban J connectivity index is 1.96. The highest BCUT2D eigenvalue weighted by Gasteiger charge is 2.10. The number of hydrogen-bond donors (Lipinski definition) is 1. The first-order valence-electron chi connectivity index (χ1n) is 6.55. The molecule has 0 spiro atoms. The van der Waals surface area contributed by atoms with Crippen LogP contribution >= 0.6 is 15.9 Å². The fraction of sp³-hybridized carbons (Fsp3) is 0. The van der Waals surface area contributed by atoms with Crippen molar-refractivity contribution in [3.63, 3.8) is 0 Å². The Hall–Kier alpha value is -2.20. The highest BCUT2D eigenvalue weighted by molar-refractivity contribution is 9.10. The van der Waals surface area contributed by atoms with E-state index in [-0.39, 0.29) is 5.82 Å². The highest BCUT2D eigenvalue weighted by Crippen LogP contribution is 2.29. The van der Waals surface area contributed by atoms with E-state index in [9.17, 15) is 4.39 Å². The summed E-state index contributed by atoms with van der Waals surface area (Å²) in [5.74, 6) is -0.285. The topological polar surface area (TPSA) is 28.7 Å². The maximum Gasteiger partial charge on any atom is 0.139 e. The molecule has 2 aromatic heterocycles. The van der Waals surface area contributed by atoms with Gasteiger partial charge in [0.15, 0.2) is 0 Å². The van der Waals surface area contributed by atoms with Gasteiger partial charge in [0.1, 0.15) is 11.5 Å². The third kappa shape index (κ3) is 2.03. The van der Waals surface area contributed by atoms with Gasteiger partial charge in [-0.2, -0.15) is 0 Å². The number of hydrogen-bond acceptors (Lipinski definition) is 1. The summed E-state index contributed by atoms with van der Waals surface area (Å²) in [5.41, 5.74) is 2.93. The average Bonchev–Trinajstić information content (AvgIpc) is 2.84. The Morgan fingerprint density at radius 3 is 2.67 bits per heavy atom. The van der Waals surface area contributed by atoms with Gasteiger partial charge >= 0.3 is 0 Å². The predicted molar refractivity (Wildman–Crippen MR) is 86.7 cm³/mol. The van der Waals surface area contributed by atoms with Gasteiger partial charge in [-0.25, -0.2) is 9.37 Å². The van der Waals surface area contributed by atoms with Crippen LogP contribution in [0, 0.1) is 5.82 Å². The quantitative estimate of drug-likeness (QED) is 0.501. The van der Waals surface area contributed by atoms with Gasteiger partial charge < -0.3 is 4.98 Å². The van der Waals surface area contributed by atoms with Crippen molar-refractivity contribution in [1.82, 2.24) is 9.97 Å². The van der Waals surface area contributed by atoms with Crippen LogP contribution in [0.4, 0.5) is 4.39 Å². The second-order valence-electron chi connectivity index (χ2n) is 4.89. The largest absolute Gasteiger partial charge is 0.339 e. The first-order chi connectivity index (χ1) is 10.2. The molecule has 4 heteroatoms. The van der Waals surface area contributed by atoms with Crippen molar-refractivity contribution in [2.75, 3.05) is 0 Å². The normalized spacial score (nSPS) is 11.3. The lowest BCUT2D eigenvalue weighted by Crippen LogP contribution is -1.88. The molecule has 2 nitrogen and oxygen atoms in total. The van der Waals surface area contributed by atoms with Crippen LogP contribution < -0.4 is 0 Å². The maximum absolute atomic E-state index is 14.1. The Bertz CT molecular complexity index is 975. The van der Waals surface area contributed by atoms with Gasteiger partial charge in [-0.1, -0.05) is 34.1 Å². The van der Waals surface area contributed by atoms with Crippen LogP contribution in [0.25, 0.3) is 33.2 Å². The molecule has 0 aliphatic heterocycles. The number of aromatic nitrogens is 2. The molecule has 0 saturated carbocycles. The molecule has 0 aliphatic rings. The monoisotopic (exact) mass is 340 g/mol. The number of halogens is 2. The van der Waals surface area contributed by atoms with E-state index in [0.29, 0.717) is 11.3 Å². The van der Waals surface area contributed by atoms with Crippen LogP contribution in [0.5, 0.6) is 0 Å². The number of H-pyrrole nitrogens is 1. The van der Waals surface area contributed by atoms with Crippen molar-refractivity contribution in [3.8, 4) is 11.3 Å². The molecule has 2 heterocycles. The van der Waals surface area contributed by atoms with Crippen LogP contribution in [0.2, 0.25) is 0 Å². The molecule has 0 aliphatic carbocycles. The number of rotatable bonds is 1. The fourth-order valence-corrected chi connectivity index (χ4v) is 2.91. The van der Waals surface area contributed by atoms with Crippen LogP contribution in [0.15, 0.2) is 59.1 Å². The summed E-state index contributed by atoms with van der Waals surface area (Å²) in [6.45, 7) is 0. The van der Waals surface area contributed by atoms with Gasteiger partial charge in [-0.05, 0) is 36.4 Å². The zero-order valence-corrected chi connectivity index (χ0v) is 12.5. The molecule has 1 N–H and O–H groups in total. The van der Waals surface area contributed by atoms with Crippen LogP contribution in [0.1, 0.15) is 0 Å². The Kier molecular flexibility index (Phi) is 2.79. The van der Waals surface area contributed by atoms with Crippen molar-refractivity contribution in [1.29, 1.82) is 0 Å². The summed E-state index contributed by atoms with van der Waals surface area (Å²) in [5, 5.41) is 2.18. The molecule has 4 rings (SSSR count). The van der Waals surface area contributed by atoms with Gasteiger partial charge in [0.2, 0.25) is 0 Å². The molecule has 0 atom stereocenters. The first kappa shape index (κ1) is 12.5. The van der Waals surface area contributed by atoms with Crippen LogP contribution in [0.3, 0.4) is 0 Å². The summed E-state index contributed by atoms with van der Waals surface area (Å²) < 4.78 is 14.8. The lowest BCUT2D eigenvalue weighted by molar-refractivity contribution is 0.630. The molecule has 0 radical (unpaired) electrons. The van der Waals surface area contributed by atoms with E-state index in [2.05, 4.69) is 32.0 Å². The summed E-state index contributed by atoms with van der Waals surface area (Å²) in [4.78, 5) is 7.84. The lowest BCUT2D eigenvalue weighted by atomic mass is 10.1. The Labute approximate surface area is 128 Å². The van der Waals surface area contributed by atoms with Gasteiger partial charge in [0.25, 0.3) is 0 Å². The van der Waals surface area contributed by atoms with Crippen molar-refractivity contribution in [2.24, 2.45) is 0 Å². The van der Waals surface area contributed by atoms with E-state index in [4.69, 9.17) is 0 Å². The smallest absolute Gasteiger partial charge is 0.139 e. The molecule has 0 fully saturated rings. The fourth-order valence-electron chi connectivity index (χ4n) is 2.57. The number of nitrogens with zero attached hydrogens (tertiary/aromatic N) is 1. The minimum atomic E-state index is -0.285. The summed E-state index contributed by atoms with van der Waals surface area (Å²) in [7, 11) is 0. The van der Waals surface area contributed by atoms with Gasteiger partial charge in [0.05, 0.1) is 5.69 Å². The van der Waals surface area contributed by atoms with Crippen LogP contribution in [-0.4, -0.2) is 9.97 Å². The number of pyridine rings is 1. The van der Waals surface area contributed by atoms with Crippen molar-refractivity contribution >= 4 is 37.9 Å².